The number of hydrogen-bond donors (Lipinski definition) is 0. The predicted molar refractivity (Wildman–Crippen MR) is 92.2 cm³/mol. The van der Waals surface area contributed by atoms with Crippen LogP contribution < -0.4 is 4.74 Å². The van der Waals surface area contributed by atoms with Crippen LogP contribution in [0.2, 0.25) is 0 Å². The summed E-state index contributed by atoms with van der Waals surface area (Å²) in [6.45, 7) is 12.7. The van der Waals surface area contributed by atoms with Crippen LogP contribution in [0.4, 0.5) is 0 Å². The molecule has 22 heavy (non-hydrogen) atoms. The Morgan fingerprint density at radius 2 is 1.77 bits per heavy atom. The van der Waals surface area contributed by atoms with Crippen LogP contribution >= 0.6 is 0 Å². The van der Waals surface area contributed by atoms with Crippen LogP contribution in [0.15, 0.2) is 36.9 Å². The van der Waals surface area contributed by atoms with Gasteiger partial charge in [0.2, 0.25) is 0 Å². The highest BCUT2D eigenvalue weighted by Gasteiger charge is 2.13. The summed E-state index contributed by atoms with van der Waals surface area (Å²) in [5, 5.41) is 0. The van der Waals surface area contributed by atoms with Crippen LogP contribution in [0.1, 0.15) is 42.0 Å². The molecule has 2 nitrogen and oxygen atoms in total. The Morgan fingerprint density at radius 1 is 1.05 bits per heavy atom. The summed E-state index contributed by atoms with van der Waals surface area (Å²) in [5.74, 6) is 1.07. The lowest BCUT2D eigenvalue weighted by Crippen LogP contribution is -1.97. The van der Waals surface area contributed by atoms with Gasteiger partial charge in [0.1, 0.15) is 5.75 Å². The minimum atomic E-state index is 0.476. The smallest absolute Gasteiger partial charge is 0.298 e. The van der Waals surface area contributed by atoms with Crippen molar-refractivity contribution in [2.45, 2.75) is 33.6 Å². The third-order valence-corrected chi connectivity index (χ3v) is 3.97. The first-order chi connectivity index (χ1) is 10.5. The van der Waals surface area contributed by atoms with Crippen molar-refractivity contribution in [3.8, 4) is 16.9 Å². The Kier molecular flexibility index (Phi) is 4.81. The molecule has 2 aromatic carbocycles. The van der Waals surface area contributed by atoms with E-state index in [9.17, 15) is 4.79 Å². The van der Waals surface area contributed by atoms with E-state index in [-0.39, 0.29) is 0 Å². The van der Waals surface area contributed by atoms with Crippen molar-refractivity contribution in [2.75, 3.05) is 0 Å². The molecule has 2 rings (SSSR count). The van der Waals surface area contributed by atoms with Gasteiger partial charge in [0.15, 0.2) is 0 Å². The van der Waals surface area contributed by atoms with Gasteiger partial charge in [-0.15, -0.1) is 0 Å². The molecule has 0 N–H and O–H groups in total. The van der Waals surface area contributed by atoms with Crippen molar-refractivity contribution in [3.63, 3.8) is 0 Å². The number of hydrogen-bond acceptors (Lipinski definition) is 2. The van der Waals surface area contributed by atoms with Gasteiger partial charge in [0.25, 0.3) is 6.47 Å². The SMILES string of the molecule is C=Cc1cc(-c2ccc(C(C)C)cc2C)c(OC=O)cc1C. The maximum atomic E-state index is 10.8. The van der Waals surface area contributed by atoms with Gasteiger partial charge in [-0.2, -0.15) is 0 Å². The number of carbonyl (C=O) groups is 1. The van der Waals surface area contributed by atoms with Crippen LogP contribution in [0.3, 0.4) is 0 Å². The lowest BCUT2D eigenvalue weighted by molar-refractivity contribution is -0.120. The van der Waals surface area contributed by atoms with Gasteiger partial charge >= 0.3 is 0 Å². The molecule has 0 bridgehead atoms. The maximum Gasteiger partial charge on any atom is 0.298 e. The second-order valence-electron chi connectivity index (χ2n) is 5.85. The zero-order valence-corrected chi connectivity index (χ0v) is 13.6. The van der Waals surface area contributed by atoms with Crippen molar-refractivity contribution in [1.82, 2.24) is 0 Å². The minimum Gasteiger partial charge on any atom is -0.428 e. The molecule has 0 fully saturated rings. The lowest BCUT2D eigenvalue weighted by Gasteiger charge is -2.15. The van der Waals surface area contributed by atoms with Gasteiger partial charge in [-0.3, -0.25) is 4.79 Å². The molecule has 114 valence electrons. The van der Waals surface area contributed by atoms with Crippen molar-refractivity contribution in [1.29, 1.82) is 0 Å². The summed E-state index contributed by atoms with van der Waals surface area (Å²) < 4.78 is 5.19. The number of rotatable bonds is 5. The molecule has 0 amide bonds. The average molecular weight is 294 g/mol. The van der Waals surface area contributed by atoms with Gasteiger partial charge in [-0.1, -0.05) is 44.7 Å². The molecule has 2 heteroatoms. The highest BCUT2D eigenvalue weighted by atomic mass is 16.5. The third kappa shape index (κ3) is 3.11. The topological polar surface area (TPSA) is 26.3 Å². The normalized spacial score (nSPS) is 10.6. The van der Waals surface area contributed by atoms with E-state index in [1.807, 2.05) is 25.1 Å². The minimum absolute atomic E-state index is 0.476. The van der Waals surface area contributed by atoms with E-state index in [0.717, 1.165) is 22.3 Å². The molecule has 0 aliphatic rings. The van der Waals surface area contributed by atoms with Gasteiger partial charge in [0.05, 0.1) is 0 Å². The molecular formula is C20H22O2. The zero-order chi connectivity index (χ0) is 16.3. The Labute approximate surface area is 132 Å². The Morgan fingerprint density at radius 3 is 2.32 bits per heavy atom. The predicted octanol–water partition coefficient (Wildman–Crippen LogP) is 5.27. The zero-order valence-electron chi connectivity index (χ0n) is 13.6. The van der Waals surface area contributed by atoms with E-state index in [0.29, 0.717) is 18.1 Å². The van der Waals surface area contributed by atoms with E-state index in [4.69, 9.17) is 4.74 Å². The van der Waals surface area contributed by atoms with E-state index in [1.165, 1.54) is 11.1 Å². The Hall–Kier alpha value is -2.35. The second-order valence-corrected chi connectivity index (χ2v) is 5.85. The highest BCUT2D eigenvalue weighted by molar-refractivity contribution is 5.78. The molecule has 0 aliphatic heterocycles. The van der Waals surface area contributed by atoms with Crippen molar-refractivity contribution >= 4 is 12.5 Å². The molecule has 0 atom stereocenters. The lowest BCUT2D eigenvalue weighted by atomic mass is 9.92. The van der Waals surface area contributed by atoms with E-state index in [1.54, 1.807) is 0 Å². The first-order valence-electron chi connectivity index (χ1n) is 7.46. The number of benzene rings is 2. The number of ether oxygens (including phenoxy) is 1. The fraction of sp³-hybridized carbons (Fsp3) is 0.250. The van der Waals surface area contributed by atoms with Crippen molar-refractivity contribution < 1.29 is 9.53 Å². The molecule has 0 aromatic heterocycles. The number of aryl methyl sites for hydroxylation is 2. The van der Waals surface area contributed by atoms with Crippen molar-refractivity contribution in [3.05, 3.63) is 59.2 Å². The van der Waals surface area contributed by atoms with E-state index < -0.39 is 0 Å². The monoisotopic (exact) mass is 294 g/mol. The van der Waals surface area contributed by atoms with Gasteiger partial charge < -0.3 is 4.74 Å². The van der Waals surface area contributed by atoms with Crippen LogP contribution in [-0.4, -0.2) is 6.47 Å². The standard InChI is InChI=1S/C20H22O2/c1-6-16-11-19(20(22-12-21)10-14(16)4)18-8-7-17(13(2)3)9-15(18)5/h6-13H,1H2,2-5H3. The Balaban J connectivity index is 2.64. The van der Waals surface area contributed by atoms with Crippen molar-refractivity contribution in [2.24, 2.45) is 0 Å². The first kappa shape index (κ1) is 16.0. The van der Waals surface area contributed by atoms with E-state index >= 15 is 0 Å². The van der Waals surface area contributed by atoms with Gasteiger partial charge in [-0.05, 0) is 59.7 Å². The molecule has 0 heterocycles. The van der Waals surface area contributed by atoms with Crippen LogP contribution in [0.5, 0.6) is 5.75 Å². The molecule has 2 aromatic rings. The summed E-state index contributed by atoms with van der Waals surface area (Å²) >= 11 is 0. The average Bonchev–Trinajstić information content (AvgIpc) is 2.48. The fourth-order valence-corrected chi connectivity index (χ4v) is 2.63. The fourth-order valence-electron chi connectivity index (χ4n) is 2.63. The first-order valence-corrected chi connectivity index (χ1v) is 7.46. The van der Waals surface area contributed by atoms with E-state index in [2.05, 4.69) is 45.5 Å². The molecule has 0 unspecified atom stereocenters. The molecule has 0 saturated heterocycles. The highest BCUT2D eigenvalue weighted by Crippen LogP contribution is 2.36. The quantitative estimate of drug-likeness (QED) is 0.702. The molecular weight excluding hydrogens is 272 g/mol. The summed E-state index contributed by atoms with van der Waals surface area (Å²) in [6, 6.07) is 10.3. The molecule has 0 radical (unpaired) electrons. The summed E-state index contributed by atoms with van der Waals surface area (Å²) in [7, 11) is 0. The van der Waals surface area contributed by atoms with Crippen LogP contribution in [-0.2, 0) is 4.79 Å². The second kappa shape index (κ2) is 6.61. The molecule has 0 aliphatic carbocycles. The van der Waals surface area contributed by atoms with Crippen LogP contribution in [0, 0.1) is 13.8 Å². The maximum absolute atomic E-state index is 10.8. The summed E-state index contributed by atoms with van der Waals surface area (Å²) in [4.78, 5) is 10.8. The Bertz CT molecular complexity index is 712. The largest absolute Gasteiger partial charge is 0.428 e. The van der Waals surface area contributed by atoms with Crippen LogP contribution in [0.25, 0.3) is 17.2 Å². The summed E-state index contributed by atoms with van der Waals surface area (Å²) in [5.41, 5.74) is 6.54. The molecule has 0 spiro atoms. The number of carbonyl (C=O) groups excluding carboxylic acids is 1. The van der Waals surface area contributed by atoms with Gasteiger partial charge in [0, 0.05) is 5.56 Å². The molecule has 0 saturated carbocycles. The summed E-state index contributed by atoms with van der Waals surface area (Å²) in [6.07, 6.45) is 1.82. The third-order valence-electron chi connectivity index (χ3n) is 3.97. The van der Waals surface area contributed by atoms with Gasteiger partial charge in [-0.25, -0.2) is 0 Å².